The molecule has 3 rings (SSSR count). The van der Waals surface area contributed by atoms with Crippen LogP contribution in [-0.4, -0.2) is 64.9 Å². The van der Waals surface area contributed by atoms with Crippen LogP contribution in [-0.2, 0) is 4.74 Å². The molecule has 0 bridgehead atoms. The molecule has 1 aliphatic rings. The number of aliphatic hydroxyl groups is 1. The summed E-state index contributed by atoms with van der Waals surface area (Å²) in [7, 11) is 0. The zero-order valence-corrected chi connectivity index (χ0v) is 13.4. The standard InChI is InChI=1S/C15H21N3O3S/c1-2-21-11-3-4-12-13(9-11)17-15(16-12)22-8-6-18-5-7-20-10-14(18)19/h3-4,9,14,19H,2,5-8,10H2,1H3,(H,16,17). The number of aromatic amines is 1. The average Bonchev–Trinajstić information content (AvgIpc) is 2.91. The molecule has 0 saturated carbocycles. The predicted octanol–water partition coefficient (Wildman–Crippen LogP) is 1.70. The van der Waals surface area contributed by atoms with E-state index in [1.165, 1.54) is 0 Å². The minimum Gasteiger partial charge on any atom is -0.494 e. The van der Waals surface area contributed by atoms with Crippen LogP contribution < -0.4 is 4.74 Å². The Kier molecular flexibility index (Phi) is 5.20. The first-order valence-electron chi connectivity index (χ1n) is 7.51. The van der Waals surface area contributed by atoms with Gasteiger partial charge in [-0.3, -0.25) is 4.90 Å². The molecule has 2 N–H and O–H groups in total. The maximum atomic E-state index is 9.82. The number of hydrogen-bond donors (Lipinski definition) is 2. The second kappa shape index (κ2) is 7.32. The normalized spacial score (nSPS) is 19.6. The van der Waals surface area contributed by atoms with Crippen LogP contribution in [0.2, 0.25) is 0 Å². The van der Waals surface area contributed by atoms with Crippen molar-refractivity contribution in [2.75, 3.05) is 38.7 Å². The fraction of sp³-hybridized carbons (Fsp3) is 0.533. The fourth-order valence-corrected chi connectivity index (χ4v) is 3.30. The van der Waals surface area contributed by atoms with Crippen LogP contribution in [0.5, 0.6) is 5.75 Å². The van der Waals surface area contributed by atoms with Gasteiger partial charge in [-0.2, -0.15) is 0 Å². The van der Waals surface area contributed by atoms with E-state index in [1.54, 1.807) is 11.8 Å². The molecule has 6 nitrogen and oxygen atoms in total. The van der Waals surface area contributed by atoms with Crippen molar-refractivity contribution in [1.29, 1.82) is 0 Å². The van der Waals surface area contributed by atoms with Crippen LogP contribution in [0.4, 0.5) is 0 Å². The van der Waals surface area contributed by atoms with Gasteiger partial charge in [0.2, 0.25) is 0 Å². The van der Waals surface area contributed by atoms with E-state index < -0.39 is 6.23 Å². The van der Waals surface area contributed by atoms with Crippen molar-refractivity contribution in [3.8, 4) is 5.75 Å². The number of ether oxygens (including phenoxy) is 2. The van der Waals surface area contributed by atoms with Crippen molar-refractivity contribution in [3.63, 3.8) is 0 Å². The van der Waals surface area contributed by atoms with Gasteiger partial charge >= 0.3 is 0 Å². The highest BCUT2D eigenvalue weighted by atomic mass is 32.2. The van der Waals surface area contributed by atoms with Gasteiger partial charge < -0.3 is 19.6 Å². The second-order valence-electron chi connectivity index (χ2n) is 5.09. The molecule has 1 aliphatic heterocycles. The first-order valence-corrected chi connectivity index (χ1v) is 8.50. The smallest absolute Gasteiger partial charge is 0.166 e. The molecule has 2 heterocycles. The summed E-state index contributed by atoms with van der Waals surface area (Å²) in [6.07, 6.45) is -0.487. The Morgan fingerprint density at radius 3 is 3.27 bits per heavy atom. The average molecular weight is 323 g/mol. The van der Waals surface area contributed by atoms with Gasteiger partial charge in [0.05, 0.1) is 30.9 Å². The van der Waals surface area contributed by atoms with E-state index in [2.05, 4.69) is 9.97 Å². The molecule has 1 unspecified atom stereocenters. The van der Waals surface area contributed by atoms with E-state index in [1.807, 2.05) is 30.0 Å². The molecule has 1 aromatic heterocycles. The number of imidazole rings is 1. The third kappa shape index (κ3) is 3.73. The largest absolute Gasteiger partial charge is 0.494 e. The molecule has 1 aromatic carbocycles. The van der Waals surface area contributed by atoms with Gasteiger partial charge in [-0.05, 0) is 19.1 Å². The Morgan fingerprint density at radius 2 is 2.45 bits per heavy atom. The highest BCUT2D eigenvalue weighted by Crippen LogP contribution is 2.23. The summed E-state index contributed by atoms with van der Waals surface area (Å²) in [4.78, 5) is 9.91. The zero-order chi connectivity index (χ0) is 15.4. The topological polar surface area (TPSA) is 70.6 Å². The second-order valence-corrected chi connectivity index (χ2v) is 6.18. The summed E-state index contributed by atoms with van der Waals surface area (Å²) in [6.45, 7) is 5.31. The van der Waals surface area contributed by atoms with Gasteiger partial charge in [-0.15, -0.1) is 0 Å². The minimum atomic E-state index is -0.487. The number of thioether (sulfide) groups is 1. The van der Waals surface area contributed by atoms with Crippen molar-refractivity contribution < 1.29 is 14.6 Å². The van der Waals surface area contributed by atoms with Crippen LogP contribution in [0.15, 0.2) is 23.4 Å². The summed E-state index contributed by atoms with van der Waals surface area (Å²) in [5, 5.41) is 10.7. The van der Waals surface area contributed by atoms with E-state index in [0.29, 0.717) is 19.8 Å². The SMILES string of the molecule is CCOc1ccc2nc(SCCN3CCOCC3O)[nH]c2c1. The number of H-pyrrole nitrogens is 1. The van der Waals surface area contributed by atoms with E-state index >= 15 is 0 Å². The summed E-state index contributed by atoms with van der Waals surface area (Å²) in [5.74, 6) is 1.72. The molecule has 22 heavy (non-hydrogen) atoms. The van der Waals surface area contributed by atoms with Gasteiger partial charge in [0.15, 0.2) is 5.16 Å². The van der Waals surface area contributed by atoms with Crippen molar-refractivity contribution in [2.24, 2.45) is 0 Å². The van der Waals surface area contributed by atoms with Crippen molar-refractivity contribution in [3.05, 3.63) is 18.2 Å². The molecule has 0 amide bonds. The summed E-state index contributed by atoms with van der Waals surface area (Å²) in [5.41, 5.74) is 1.93. The number of nitrogens with zero attached hydrogens (tertiary/aromatic N) is 2. The number of hydrogen-bond acceptors (Lipinski definition) is 6. The maximum Gasteiger partial charge on any atom is 0.166 e. The van der Waals surface area contributed by atoms with Gasteiger partial charge in [-0.1, -0.05) is 11.8 Å². The Morgan fingerprint density at radius 1 is 1.55 bits per heavy atom. The molecule has 2 aromatic rings. The molecule has 120 valence electrons. The lowest BCUT2D eigenvalue weighted by Crippen LogP contribution is -2.46. The molecular weight excluding hydrogens is 302 g/mol. The van der Waals surface area contributed by atoms with Gasteiger partial charge in [0.1, 0.15) is 12.0 Å². The maximum absolute atomic E-state index is 9.82. The van der Waals surface area contributed by atoms with E-state index in [4.69, 9.17) is 9.47 Å². The zero-order valence-electron chi connectivity index (χ0n) is 12.6. The Labute approximate surface area is 133 Å². The number of aromatic nitrogens is 2. The quantitative estimate of drug-likeness (QED) is 0.789. The molecule has 0 aliphatic carbocycles. The van der Waals surface area contributed by atoms with E-state index in [0.717, 1.165) is 40.8 Å². The Hall–Kier alpha value is -1.28. The predicted molar refractivity (Wildman–Crippen MR) is 86.4 cm³/mol. The molecular formula is C15H21N3O3S. The fourth-order valence-electron chi connectivity index (χ4n) is 2.44. The first-order chi connectivity index (χ1) is 10.8. The lowest BCUT2D eigenvalue weighted by atomic mass is 10.3. The Balaban J connectivity index is 1.57. The van der Waals surface area contributed by atoms with E-state index in [9.17, 15) is 5.11 Å². The Bertz CT molecular complexity index is 619. The number of benzene rings is 1. The summed E-state index contributed by atoms with van der Waals surface area (Å²) >= 11 is 1.66. The molecule has 1 atom stereocenters. The van der Waals surface area contributed by atoms with Crippen molar-refractivity contribution in [1.82, 2.24) is 14.9 Å². The van der Waals surface area contributed by atoms with Crippen molar-refractivity contribution >= 4 is 22.8 Å². The molecule has 7 heteroatoms. The van der Waals surface area contributed by atoms with Crippen LogP contribution in [0.25, 0.3) is 11.0 Å². The minimum absolute atomic E-state index is 0.398. The highest BCUT2D eigenvalue weighted by molar-refractivity contribution is 7.99. The number of fused-ring (bicyclic) bond motifs is 1. The van der Waals surface area contributed by atoms with Crippen LogP contribution in [0.3, 0.4) is 0 Å². The highest BCUT2D eigenvalue weighted by Gasteiger charge is 2.19. The van der Waals surface area contributed by atoms with Gasteiger partial charge in [-0.25, -0.2) is 4.98 Å². The summed E-state index contributed by atoms with van der Waals surface area (Å²) < 4.78 is 10.7. The number of aliphatic hydroxyl groups excluding tert-OH is 1. The molecule has 0 radical (unpaired) electrons. The monoisotopic (exact) mass is 323 g/mol. The number of nitrogens with one attached hydrogen (secondary N) is 1. The van der Waals surface area contributed by atoms with Gasteiger partial charge in [0.25, 0.3) is 0 Å². The van der Waals surface area contributed by atoms with Crippen molar-refractivity contribution in [2.45, 2.75) is 18.3 Å². The number of morpholine rings is 1. The van der Waals surface area contributed by atoms with Crippen LogP contribution >= 0.6 is 11.8 Å². The summed E-state index contributed by atoms with van der Waals surface area (Å²) in [6, 6.07) is 5.87. The third-order valence-electron chi connectivity index (χ3n) is 3.57. The lowest BCUT2D eigenvalue weighted by Gasteiger charge is -2.31. The first kappa shape index (κ1) is 15.6. The van der Waals surface area contributed by atoms with Crippen LogP contribution in [0.1, 0.15) is 6.92 Å². The van der Waals surface area contributed by atoms with Crippen LogP contribution in [0, 0.1) is 0 Å². The molecule has 0 spiro atoms. The van der Waals surface area contributed by atoms with E-state index in [-0.39, 0.29) is 0 Å². The molecule has 1 saturated heterocycles. The van der Waals surface area contributed by atoms with Gasteiger partial charge in [0, 0.05) is 24.9 Å². The third-order valence-corrected chi connectivity index (χ3v) is 4.42. The molecule has 1 fully saturated rings. The number of rotatable bonds is 6. The lowest BCUT2D eigenvalue weighted by molar-refractivity contribution is -0.102.